The lowest BCUT2D eigenvalue weighted by Crippen LogP contribution is -2.19. The van der Waals surface area contributed by atoms with Gasteiger partial charge in [0.25, 0.3) is 0 Å². The van der Waals surface area contributed by atoms with Gasteiger partial charge in [0.2, 0.25) is 0 Å². The van der Waals surface area contributed by atoms with Crippen LogP contribution < -0.4 is 5.69 Å². The first-order chi connectivity index (χ1) is 21.5. The molecule has 0 atom stereocenters. The minimum absolute atomic E-state index is 0.0273. The normalized spacial score (nSPS) is 11.5. The molecule has 0 aliphatic carbocycles. The smallest absolute Gasteiger partial charge is 0.295 e. The molecule has 44 heavy (non-hydrogen) atoms. The number of rotatable bonds is 4. The average molecular weight is 569 g/mol. The fourth-order valence-electron chi connectivity index (χ4n) is 6.24. The van der Waals surface area contributed by atoms with Crippen LogP contribution in [0.5, 0.6) is 0 Å². The Morgan fingerprint density at radius 2 is 1.16 bits per heavy atom. The van der Waals surface area contributed by atoms with Crippen LogP contribution in [-0.2, 0) is 14.1 Å². The standard InChI is InChI=1S/C39H28N4O/c1-42-35-22-21-30(23-36(35)43(2)39(42)44)25-15-18-27(19-16-25)33-24-34(41-38(40-33)29-10-4-3-5-11-29)32-14-8-12-28-20-17-26-9-6-7-13-31(26)37(28)32/h3-24H,1-2H3. The fourth-order valence-corrected chi connectivity index (χ4v) is 6.24. The molecule has 0 aliphatic heterocycles. The molecule has 210 valence electrons. The molecule has 0 bridgehead atoms. The van der Waals surface area contributed by atoms with Crippen molar-refractivity contribution in [3.63, 3.8) is 0 Å². The van der Waals surface area contributed by atoms with Crippen molar-refractivity contribution in [2.24, 2.45) is 14.1 Å². The third-order valence-corrected chi connectivity index (χ3v) is 8.59. The monoisotopic (exact) mass is 568 g/mol. The number of hydrogen-bond acceptors (Lipinski definition) is 3. The summed E-state index contributed by atoms with van der Waals surface area (Å²) in [6.45, 7) is 0. The summed E-state index contributed by atoms with van der Waals surface area (Å²) in [6, 6.07) is 46.2. The summed E-state index contributed by atoms with van der Waals surface area (Å²) in [5.74, 6) is 0.690. The molecular formula is C39H28N4O. The summed E-state index contributed by atoms with van der Waals surface area (Å²) < 4.78 is 3.37. The SMILES string of the molecule is Cn1c(=O)n(C)c2cc(-c3ccc(-c4cc(-c5cccc6ccc7ccccc7c56)nc(-c5ccccc5)n4)cc3)ccc21. The van der Waals surface area contributed by atoms with Gasteiger partial charge in [-0.15, -0.1) is 0 Å². The highest BCUT2D eigenvalue weighted by Gasteiger charge is 2.15. The molecule has 8 aromatic rings. The van der Waals surface area contributed by atoms with E-state index < -0.39 is 0 Å². The molecule has 5 nitrogen and oxygen atoms in total. The highest BCUT2D eigenvalue weighted by Crippen LogP contribution is 2.36. The molecule has 0 spiro atoms. The van der Waals surface area contributed by atoms with Gasteiger partial charge in [-0.3, -0.25) is 9.13 Å². The Kier molecular flexibility index (Phi) is 5.98. The molecule has 5 heteroatoms. The van der Waals surface area contributed by atoms with Crippen LogP contribution in [0.4, 0.5) is 0 Å². The van der Waals surface area contributed by atoms with Crippen LogP contribution in [0.25, 0.3) is 77.6 Å². The average Bonchev–Trinajstić information content (AvgIpc) is 3.31. The van der Waals surface area contributed by atoms with Crippen molar-refractivity contribution in [3.05, 3.63) is 144 Å². The van der Waals surface area contributed by atoms with E-state index >= 15 is 0 Å². The molecular weight excluding hydrogens is 540 g/mol. The van der Waals surface area contributed by atoms with Crippen molar-refractivity contribution in [2.75, 3.05) is 0 Å². The number of aromatic nitrogens is 4. The van der Waals surface area contributed by atoms with E-state index in [0.717, 1.165) is 50.2 Å². The van der Waals surface area contributed by atoms with Crippen LogP contribution in [0.3, 0.4) is 0 Å². The lowest BCUT2D eigenvalue weighted by molar-refractivity contribution is 0.795. The summed E-state index contributed by atoms with van der Waals surface area (Å²) in [4.78, 5) is 22.6. The van der Waals surface area contributed by atoms with Crippen LogP contribution >= 0.6 is 0 Å². The zero-order valence-electron chi connectivity index (χ0n) is 24.4. The first-order valence-corrected chi connectivity index (χ1v) is 14.7. The number of benzene rings is 6. The minimum atomic E-state index is -0.0273. The first kappa shape index (κ1) is 25.9. The van der Waals surface area contributed by atoms with Gasteiger partial charge in [0, 0.05) is 30.8 Å². The summed E-state index contributed by atoms with van der Waals surface area (Å²) >= 11 is 0. The van der Waals surface area contributed by atoms with E-state index in [4.69, 9.17) is 9.97 Å². The van der Waals surface area contributed by atoms with Gasteiger partial charge in [-0.2, -0.15) is 0 Å². The minimum Gasteiger partial charge on any atom is -0.295 e. The lowest BCUT2D eigenvalue weighted by atomic mass is 9.95. The Bertz CT molecular complexity index is 2420. The summed E-state index contributed by atoms with van der Waals surface area (Å²) in [5.41, 5.74) is 8.74. The van der Waals surface area contributed by atoms with Gasteiger partial charge in [0.1, 0.15) is 0 Å². The van der Waals surface area contributed by atoms with Crippen LogP contribution in [0.2, 0.25) is 0 Å². The lowest BCUT2D eigenvalue weighted by Gasteiger charge is -2.13. The Hall–Kier alpha value is -5.81. The number of hydrogen-bond donors (Lipinski definition) is 0. The summed E-state index contributed by atoms with van der Waals surface area (Å²) in [6.07, 6.45) is 0. The summed E-state index contributed by atoms with van der Waals surface area (Å²) in [5, 5.41) is 4.78. The van der Waals surface area contributed by atoms with Crippen LogP contribution in [-0.4, -0.2) is 19.1 Å². The molecule has 0 unspecified atom stereocenters. The Morgan fingerprint density at radius 3 is 2.00 bits per heavy atom. The van der Waals surface area contributed by atoms with E-state index in [1.54, 1.807) is 16.2 Å². The van der Waals surface area contributed by atoms with E-state index in [1.807, 2.05) is 31.3 Å². The predicted molar refractivity (Wildman–Crippen MR) is 181 cm³/mol. The van der Waals surface area contributed by atoms with Gasteiger partial charge in [-0.05, 0) is 50.9 Å². The van der Waals surface area contributed by atoms with E-state index in [-0.39, 0.29) is 5.69 Å². The second kappa shape index (κ2) is 10.2. The third kappa shape index (κ3) is 4.21. The molecule has 6 aromatic carbocycles. The van der Waals surface area contributed by atoms with Crippen LogP contribution in [0.15, 0.2) is 138 Å². The maximum Gasteiger partial charge on any atom is 0.328 e. The summed E-state index contributed by atoms with van der Waals surface area (Å²) in [7, 11) is 3.62. The zero-order chi connectivity index (χ0) is 29.8. The predicted octanol–water partition coefficient (Wildman–Crippen LogP) is 8.64. The maximum absolute atomic E-state index is 12.4. The molecule has 2 heterocycles. The van der Waals surface area contributed by atoms with Gasteiger partial charge in [0.15, 0.2) is 5.82 Å². The van der Waals surface area contributed by atoms with Gasteiger partial charge in [-0.25, -0.2) is 14.8 Å². The van der Waals surface area contributed by atoms with Crippen molar-refractivity contribution in [1.29, 1.82) is 0 Å². The second-order valence-electron chi connectivity index (χ2n) is 11.2. The van der Waals surface area contributed by atoms with Gasteiger partial charge >= 0.3 is 5.69 Å². The molecule has 0 radical (unpaired) electrons. The maximum atomic E-state index is 12.4. The largest absolute Gasteiger partial charge is 0.328 e. The second-order valence-corrected chi connectivity index (χ2v) is 11.2. The number of nitrogens with zero attached hydrogens (tertiary/aromatic N) is 4. The van der Waals surface area contributed by atoms with Gasteiger partial charge in [0.05, 0.1) is 22.4 Å². The van der Waals surface area contributed by atoms with Crippen molar-refractivity contribution in [1.82, 2.24) is 19.1 Å². The van der Waals surface area contributed by atoms with Crippen molar-refractivity contribution in [3.8, 4) is 45.0 Å². The highest BCUT2D eigenvalue weighted by atomic mass is 16.1. The van der Waals surface area contributed by atoms with Crippen LogP contribution in [0, 0.1) is 0 Å². The van der Waals surface area contributed by atoms with Gasteiger partial charge < -0.3 is 0 Å². The molecule has 0 aliphatic rings. The van der Waals surface area contributed by atoms with Gasteiger partial charge in [-0.1, -0.05) is 115 Å². The Balaban J connectivity index is 1.28. The first-order valence-electron chi connectivity index (χ1n) is 14.7. The number of imidazole rings is 1. The quantitative estimate of drug-likeness (QED) is 0.200. The van der Waals surface area contributed by atoms with E-state index in [1.165, 1.54) is 21.5 Å². The van der Waals surface area contributed by atoms with Crippen molar-refractivity contribution < 1.29 is 0 Å². The molecule has 0 saturated carbocycles. The molecule has 0 N–H and O–H groups in total. The molecule has 2 aromatic heterocycles. The van der Waals surface area contributed by atoms with E-state index in [2.05, 4.69) is 109 Å². The zero-order valence-corrected chi connectivity index (χ0v) is 24.4. The molecule has 8 rings (SSSR count). The number of aryl methyl sites for hydroxylation is 2. The fraction of sp³-hybridized carbons (Fsp3) is 0.0513. The highest BCUT2D eigenvalue weighted by molar-refractivity contribution is 6.14. The molecule has 0 amide bonds. The molecule has 0 fully saturated rings. The third-order valence-electron chi connectivity index (χ3n) is 8.59. The molecule has 0 saturated heterocycles. The van der Waals surface area contributed by atoms with E-state index in [0.29, 0.717) is 5.82 Å². The Morgan fingerprint density at radius 1 is 0.500 bits per heavy atom. The van der Waals surface area contributed by atoms with Crippen molar-refractivity contribution >= 4 is 32.6 Å². The van der Waals surface area contributed by atoms with E-state index in [9.17, 15) is 4.79 Å². The van der Waals surface area contributed by atoms with Crippen LogP contribution in [0.1, 0.15) is 0 Å². The number of fused-ring (bicyclic) bond motifs is 4. The Labute approximate surface area is 254 Å². The topological polar surface area (TPSA) is 52.7 Å². The van der Waals surface area contributed by atoms with Crippen molar-refractivity contribution in [2.45, 2.75) is 0 Å².